The standard InChI is InChI=1S/C12H16N2O2/c1-14-8-7-13-12(14,11(15)16)9-10-5-3-2-4-6-10/h2-6,13H,7-9H2,1H3,(H,15,16). The van der Waals surface area contributed by atoms with E-state index in [1.807, 2.05) is 42.3 Å². The number of hydrogen-bond donors (Lipinski definition) is 2. The van der Waals surface area contributed by atoms with E-state index in [4.69, 9.17) is 0 Å². The van der Waals surface area contributed by atoms with Crippen molar-refractivity contribution in [1.29, 1.82) is 0 Å². The van der Waals surface area contributed by atoms with Crippen LogP contribution in [0.3, 0.4) is 0 Å². The third-order valence-corrected chi connectivity index (χ3v) is 3.17. The van der Waals surface area contributed by atoms with Gasteiger partial charge in [0.25, 0.3) is 0 Å². The molecule has 86 valence electrons. The Hall–Kier alpha value is -1.39. The number of likely N-dealkylation sites (N-methyl/N-ethyl adjacent to an activating group) is 1. The highest BCUT2D eigenvalue weighted by Gasteiger charge is 2.45. The second-order valence-corrected chi connectivity index (χ2v) is 4.18. The van der Waals surface area contributed by atoms with Crippen LogP contribution in [0.2, 0.25) is 0 Å². The Morgan fingerprint density at radius 1 is 1.50 bits per heavy atom. The molecule has 0 radical (unpaired) electrons. The number of carbonyl (C=O) groups is 1. The van der Waals surface area contributed by atoms with Gasteiger partial charge in [0.1, 0.15) is 0 Å². The molecule has 2 N–H and O–H groups in total. The van der Waals surface area contributed by atoms with Crippen LogP contribution in [-0.2, 0) is 11.2 Å². The molecule has 0 aliphatic carbocycles. The lowest BCUT2D eigenvalue weighted by Crippen LogP contribution is -2.58. The molecule has 0 bridgehead atoms. The minimum absolute atomic E-state index is 0.486. The summed E-state index contributed by atoms with van der Waals surface area (Å²) in [7, 11) is 1.84. The number of carboxylic acids is 1. The molecule has 16 heavy (non-hydrogen) atoms. The summed E-state index contributed by atoms with van der Waals surface area (Å²) < 4.78 is 0. The summed E-state index contributed by atoms with van der Waals surface area (Å²) >= 11 is 0. The van der Waals surface area contributed by atoms with E-state index in [2.05, 4.69) is 5.32 Å². The number of nitrogens with one attached hydrogen (secondary N) is 1. The Bertz CT molecular complexity index is 380. The molecule has 1 aromatic rings. The number of aliphatic carboxylic acids is 1. The maximum atomic E-state index is 11.4. The van der Waals surface area contributed by atoms with Gasteiger partial charge in [-0.15, -0.1) is 0 Å². The zero-order chi connectivity index (χ0) is 11.6. The van der Waals surface area contributed by atoms with Crippen LogP contribution in [0.25, 0.3) is 0 Å². The summed E-state index contributed by atoms with van der Waals surface area (Å²) in [5.74, 6) is -0.809. The molecule has 0 amide bonds. The van der Waals surface area contributed by atoms with E-state index in [0.717, 1.165) is 18.7 Å². The van der Waals surface area contributed by atoms with Crippen molar-refractivity contribution in [2.45, 2.75) is 12.1 Å². The van der Waals surface area contributed by atoms with Crippen LogP contribution in [0.1, 0.15) is 5.56 Å². The number of benzene rings is 1. The lowest BCUT2D eigenvalue weighted by Gasteiger charge is -2.31. The molecule has 1 aliphatic rings. The minimum atomic E-state index is -0.943. The third kappa shape index (κ3) is 1.81. The summed E-state index contributed by atoms with van der Waals surface area (Å²) in [5, 5.41) is 12.5. The number of nitrogens with zero attached hydrogens (tertiary/aromatic N) is 1. The molecule has 1 aromatic carbocycles. The SMILES string of the molecule is CN1CCNC1(Cc1ccccc1)C(=O)O. The van der Waals surface area contributed by atoms with Gasteiger partial charge >= 0.3 is 5.97 Å². The molecule has 0 aromatic heterocycles. The molecular weight excluding hydrogens is 204 g/mol. The summed E-state index contributed by atoms with van der Waals surface area (Å²) in [6, 6.07) is 9.71. The quantitative estimate of drug-likeness (QED) is 0.781. The number of carboxylic acid groups (broad SMARTS) is 1. The zero-order valence-electron chi connectivity index (χ0n) is 9.31. The van der Waals surface area contributed by atoms with Crippen molar-refractivity contribution < 1.29 is 9.90 Å². The van der Waals surface area contributed by atoms with Crippen LogP contribution in [0.15, 0.2) is 30.3 Å². The molecule has 0 spiro atoms. The second kappa shape index (κ2) is 4.23. The fourth-order valence-electron chi connectivity index (χ4n) is 2.16. The van der Waals surface area contributed by atoms with Crippen LogP contribution < -0.4 is 5.32 Å². The van der Waals surface area contributed by atoms with Crippen LogP contribution >= 0.6 is 0 Å². The normalized spacial score (nSPS) is 25.8. The van der Waals surface area contributed by atoms with Crippen LogP contribution in [-0.4, -0.2) is 41.8 Å². The van der Waals surface area contributed by atoms with Gasteiger partial charge in [0.2, 0.25) is 0 Å². The lowest BCUT2D eigenvalue weighted by molar-refractivity contribution is -0.150. The molecule has 4 nitrogen and oxygen atoms in total. The van der Waals surface area contributed by atoms with Gasteiger partial charge in [0.15, 0.2) is 5.66 Å². The summed E-state index contributed by atoms with van der Waals surface area (Å²) in [5.41, 5.74) is 0.0904. The Kier molecular flexibility index (Phi) is 2.94. The summed E-state index contributed by atoms with van der Waals surface area (Å²) in [6.07, 6.45) is 0.486. The highest BCUT2D eigenvalue weighted by Crippen LogP contribution is 2.21. The average Bonchev–Trinajstić information content (AvgIpc) is 2.63. The smallest absolute Gasteiger partial charge is 0.339 e. The third-order valence-electron chi connectivity index (χ3n) is 3.17. The molecule has 1 heterocycles. The molecule has 1 aliphatic heterocycles. The highest BCUT2D eigenvalue weighted by atomic mass is 16.4. The van der Waals surface area contributed by atoms with Gasteiger partial charge in [0.05, 0.1) is 0 Å². The van der Waals surface area contributed by atoms with Crippen LogP contribution in [0.4, 0.5) is 0 Å². The molecule has 0 saturated carbocycles. The zero-order valence-corrected chi connectivity index (χ0v) is 9.31. The molecule has 1 fully saturated rings. The van der Waals surface area contributed by atoms with Crippen LogP contribution in [0.5, 0.6) is 0 Å². The minimum Gasteiger partial charge on any atom is -0.479 e. The Balaban J connectivity index is 2.25. The average molecular weight is 220 g/mol. The van der Waals surface area contributed by atoms with E-state index >= 15 is 0 Å². The van der Waals surface area contributed by atoms with Crippen molar-refractivity contribution in [3.63, 3.8) is 0 Å². The first-order valence-electron chi connectivity index (χ1n) is 5.39. The fourth-order valence-corrected chi connectivity index (χ4v) is 2.16. The predicted octanol–water partition coefficient (Wildman–Crippen LogP) is 0.545. The van der Waals surface area contributed by atoms with E-state index < -0.39 is 11.6 Å². The first-order chi connectivity index (χ1) is 7.65. The Labute approximate surface area is 94.9 Å². The van der Waals surface area contributed by atoms with E-state index in [0.29, 0.717) is 6.42 Å². The van der Waals surface area contributed by atoms with E-state index in [1.165, 1.54) is 0 Å². The molecule has 1 atom stereocenters. The van der Waals surface area contributed by atoms with Crippen LogP contribution in [0, 0.1) is 0 Å². The van der Waals surface area contributed by atoms with Crippen molar-refractivity contribution in [1.82, 2.24) is 10.2 Å². The molecule has 1 saturated heterocycles. The van der Waals surface area contributed by atoms with E-state index in [9.17, 15) is 9.90 Å². The van der Waals surface area contributed by atoms with E-state index in [1.54, 1.807) is 0 Å². The second-order valence-electron chi connectivity index (χ2n) is 4.18. The van der Waals surface area contributed by atoms with Crippen molar-refractivity contribution in [2.75, 3.05) is 20.1 Å². The molecular formula is C12H16N2O2. The van der Waals surface area contributed by atoms with E-state index in [-0.39, 0.29) is 0 Å². The van der Waals surface area contributed by atoms with Crippen molar-refractivity contribution in [3.8, 4) is 0 Å². The summed E-state index contributed by atoms with van der Waals surface area (Å²) in [4.78, 5) is 13.3. The Morgan fingerprint density at radius 3 is 2.69 bits per heavy atom. The first kappa shape index (κ1) is 11.1. The lowest BCUT2D eigenvalue weighted by atomic mass is 9.99. The van der Waals surface area contributed by atoms with Crippen molar-refractivity contribution >= 4 is 5.97 Å². The summed E-state index contributed by atoms with van der Waals surface area (Å²) in [6.45, 7) is 1.48. The fraction of sp³-hybridized carbons (Fsp3) is 0.417. The maximum Gasteiger partial charge on any atom is 0.339 e. The van der Waals surface area contributed by atoms with Gasteiger partial charge in [-0.25, -0.2) is 4.79 Å². The monoisotopic (exact) mass is 220 g/mol. The topological polar surface area (TPSA) is 52.6 Å². The maximum absolute atomic E-state index is 11.4. The highest BCUT2D eigenvalue weighted by molar-refractivity contribution is 5.79. The Morgan fingerprint density at radius 2 is 2.19 bits per heavy atom. The molecule has 1 unspecified atom stereocenters. The van der Waals surface area contributed by atoms with Gasteiger partial charge in [-0.05, 0) is 12.6 Å². The van der Waals surface area contributed by atoms with Crippen molar-refractivity contribution in [3.05, 3.63) is 35.9 Å². The molecule has 2 rings (SSSR count). The first-order valence-corrected chi connectivity index (χ1v) is 5.39. The van der Waals surface area contributed by atoms with Gasteiger partial charge in [-0.2, -0.15) is 0 Å². The molecule has 4 heteroatoms. The largest absolute Gasteiger partial charge is 0.479 e. The van der Waals surface area contributed by atoms with Gasteiger partial charge in [0, 0.05) is 19.5 Å². The van der Waals surface area contributed by atoms with Gasteiger partial charge in [-0.1, -0.05) is 30.3 Å². The number of rotatable bonds is 3. The van der Waals surface area contributed by atoms with Crippen molar-refractivity contribution in [2.24, 2.45) is 0 Å². The van der Waals surface area contributed by atoms with Gasteiger partial charge in [-0.3, -0.25) is 10.2 Å². The predicted molar refractivity (Wildman–Crippen MR) is 61.1 cm³/mol. The van der Waals surface area contributed by atoms with Gasteiger partial charge < -0.3 is 5.11 Å². The number of hydrogen-bond acceptors (Lipinski definition) is 3.